The third-order valence-electron chi connectivity index (χ3n) is 4.47. The second-order valence-electron chi connectivity index (χ2n) is 6.69. The number of hydrogen-bond acceptors (Lipinski definition) is 5. The molecule has 158 valence electrons. The van der Waals surface area contributed by atoms with Gasteiger partial charge in [-0.3, -0.25) is 9.59 Å². The monoisotopic (exact) mass is 437 g/mol. The van der Waals surface area contributed by atoms with Crippen LogP contribution in [0.5, 0.6) is 5.75 Å². The summed E-state index contributed by atoms with van der Waals surface area (Å²) >= 11 is 5.90. The molecular formula is C24H20ClNO5. The molecule has 0 saturated heterocycles. The number of rotatable bonds is 7. The highest BCUT2D eigenvalue weighted by atomic mass is 35.5. The van der Waals surface area contributed by atoms with E-state index in [-0.39, 0.29) is 17.3 Å². The van der Waals surface area contributed by atoms with Gasteiger partial charge in [0.2, 0.25) is 5.78 Å². The van der Waals surface area contributed by atoms with Crippen molar-refractivity contribution in [3.63, 3.8) is 0 Å². The van der Waals surface area contributed by atoms with Crippen LogP contribution in [0.1, 0.15) is 38.0 Å². The SMILES string of the molecule is COc1cccc(C(=O)Nc2ccc(C(=O)OC(C)C(=O)c3cccc(Cl)c3)cc2)c1. The van der Waals surface area contributed by atoms with Crippen LogP contribution in [0.25, 0.3) is 0 Å². The van der Waals surface area contributed by atoms with Gasteiger partial charge in [0.05, 0.1) is 12.7 Å². The number of benzene rings is 3. The number of halogens is 1. The van der Waals surface area contributed by atoms with Gasteiger partial charge in [-0.2, -0.15) is 0 Å². The standard InChI is InChI=1S/C24H20ClNO5/c1-15(22(27)17-5-3-7-19(25)13-17)31-24(29)16-9-11-20(12-10-16)26-23(28)18-6-4-8-21(14-18)30-2/h3-15H,1-2H3,(H,26,28). The molecule has 0 aliphatic heterocycles. The van der Waals surface area contributed by atoms with Gasteiger partial charge >= 0.3 is 5.97 Å². The Morgan fingerprint density at radius 1 is 0.871 bits per heavy atom. The van der Waals surface area contributed by atoms with E-state index < -0.39 is 12.1 Å². The molecule has 3 aromatic rings. The van der Waals surface area contributed by atoms with E-state index in [1.807, 2.05) is 0 Å². The number of Topliss-reactive ketones (excluding diaryl/α,β-unsaturated/α-hetero) is 1. The van der Waals surface area contributed by atoms with Crippen molar-refractivity contribution >= 4 is 34.9 Å². The van der Waals surface area contributed by atoms with Crippen LogP contribution >= 0.6 is 11.6 Å². The average Bonchev–Trinajstić information content (AvgIpc) is 2.79. The molecule has 31 heavy (non-hydrogen) atoms. The highest BCUT2D eigenvalue weighted by Crippen LogP contribution is 2.17. The molecule has 0 spiro atoms. The third-order valence-corrected chi connectivity index (χ3v) is 4.71. The Hall–Kier alpha value is -3.64. The number of carbonyl (C=O) groups is 3. The number of esters is 1. The second kappa shape index (κ2) is 9.91. The number of ether oxygens (including phenoxy) is 2. The Labute approximate surface area is 184 Å². The van der Waals surface area contributed by atoms with E-state index in [9.17, 15) is 14.4 Å². The van der Waals surface area contributed by atoms with Crippen LogP contribution in [0, 0.1) is 0 Å². The summed E-state index contributed by atoms with van der Waals surface area (Å²) in [6, 6.07) is 19.4. The fourth-order valence-corrected chi connectivity index (χ4v) is 3.01. The van der Waals surface area contributed by atoms with Crippen molar-refractivity contribution in [3.8, 4) is 5.75 Å². The number of ketones is 1. The van der Waals surface area contributed by atoms with E-state index in [1.165, 1.54) is 32.2 Å². The van der Waals surface area contributed by atoms with Crippen LogP contribution in [-0.2, 0) is 4.74 Å². The molecule has 1 N–H and O–H groups in total. The number of nitrogens with one attached hydrogen (secondary N) is 1. The molecule has 0 fully saturated rings. The maximum absolute atomic E-state index is 12.4. The Bertz CT molecular complexity index is 1110. The average molecular weight is 438 g/mol. The molecule has 1 atom stereocenters. The zero-order chi connectivity index (χ0) is 22.4. The van der Waals surface area contributed by atoms with Gasteiger partial charge in [-0.05, 0) is 61.5 Å². The zero-order valence-corrected chi connectivity index (χ0v) is 17.7. The van der Waals surface area contributed by atoms with Crippen LogP contribution in [0.15, 0.2) is 72.8 Å². The van der Waals surface area contributed by atoms with E-state index in [1.54, 1.807) is 54.6 Å². The van der Waals surface area contributed by atoms with E-state index in [0.29, 0.717) is 27.6 Å². The van der Waals surface area contributed by atoms with Crippen LogP contribution in [0.2, 0.25) is 5.02 Å². The Morgan fingerprint density at radius 3 is 2.23 bits per heavy atom. The lowest BCUT2D eigenvalue weighted by atomic mass is 10.1. The molecule has 0 aliphatic carbocycles. The summed E-state index contributed by atoms with van der Waals surface area (Å²) in [5.41, 5.74) is 1.57. The minimum absolute atomic E-state index is 0.255. The summed E-state index contributed by atoms with van der Waals surface area (Å²) in [5.74, 6) is -0.728. The fraction of sp³-hybridized carbons (Fsp3) is 0.125. The smallest absolute Gasteiger partial charge is 0.338 e. The summed E-state index contributed by atoms with van der Waals surface area (Å²) in [6.45, 7) is 1.50. The second-order valence-corrected chi connectivity index (χ2v) is 7.12. The van der Waals surface area contributed by atoms with E-state index in [0.717, 1.165) is 0 Å². The molecule has 0 heterocycles. The van der Waals surface area contributed by atoms with Crippen molar-refractivity contribution in [1.29, 1.82) is 0 Å². The first-order valence-corrected chi connectivity index (χ1v) is 9.81. The van der Waals surface area contributed by atoms with Crippen LogP contribution in [0.4, 0.5) is 5.69 Å². The molecule has 0 radical (unpaired) electrons. The summed E-state index contributed by atoms with van der Waals surface area (Å²) in [4.78, 5) is 37.2. The predicted octanol–water partition coefficient (Wildman–Crippen LogP) is 5.03. The van der Waals surface area contributed by atoms with Crippen LogP contribution in [0.3, 0.4) is 0 Å². The van der Waals surface area contributed by atoms with Gasteiger partial charge in [-0.25, -0.2) is 4.79 Å². The lowest BCUT2D eigenvalue weighted by Crippen LogP contribution is -2.24. The van der Waals surface area contributed by atoms with Crippen molar-refractivity contribution in [3.05, 3.63) is 94.5 Å². The van der Waals surface area contributed by atoms with Crippen molar-refractivity contribution in [1.82, 2.24) is 0 Å². The minimum atomic E-state index is -0.974. The summed E-state index contributed by atoms with van der Waals surface area (Å²) in [6.07, 6.45) is -0.974. The van der Waals surface area contributed by atoms with Gasteiger partial charge in [-0.1, -0.05) is 29.8 Å². The molecule has 7 heteroatoms. The number of anilines is 1. The molecule has 3 aromatic carbocycles. The van der Waals surface area contributed by atoms with Crippen molar-refractivity contribution < 1.29 is 23.9 Å². The van der Waals surface area contributed by atoms with Crippen LogP contribution < -0.4 is 10.1 Å². The van der Waals surface area contributed by atoms with Crippen LogP contribution in [-0.4, -0.2) is 30.9 Å². The first kappa shape index (κ1) is 22.1. The highest BCUT2D eigenvalue weighted by Gasteiger charge is 2.20. The van der Waals surface area contributed by atoms with Crippen molar-refractivity contribution in [2.24, 2.45) is 0 Å². The first-order chi connectivity index (χ1) is 14.9. The Morgan fingerprint density at radius 2 is 1.55 bits per heavy atom. The van der Waals surface area contributed by atoms with Gasteiger partial charge in [0.1, 0.15) is 5.75 Å². The number of methoxy groups -OCH3 is 1. The molecule has 0 bridgehead atoms. The van der Waals surface area contributed by atoms with Crippen molar-refractivity contribution in [2.45, 2.75) is 13.0 Å². The van der Waals surface area contributed by atoms with E-state index in [4.69, 9.17) is 21.1 Å². The maximum atomic E-state index is 12.4. The molecule has 0 saturated carbocycles. The molecule has 0 aliphatic rings. The molecule has 1 amide bonds. The first-order valence-electron chi connectivity index (χ1n) is 9.43. The highest BCUT2D eigenvalue weighted by molar-refractivity contribution is 6.31. The van der Waals surface area contributed by atoms with Gasteiger partial charge in [0.15, 0.2) is 6.10 Å². The quantitative estimate of drug-likeness (QED) is 0.414. The number of amides is 1. The molecular weight excluding hydrogens is 418 g/mol. The third kappa shape index (κ3) is 5.71. The van der Waals surface area contributed by atoms with Gasteiger partial charge in [-0.15, -0.1) is 0 Å². The number of hydrogen-bond donors (Lipinski definition) is 1. The van der Waals surface area contributed by atoms with Gasteiger partial charge in [0.25, 0.3) is 5.91 Å². The largest absolute Gasteiger partial charge is 0.497 e. The molecule has 0 aromatic heterocycles. The Kier molecular flexibility index (Phi) is 7.05. The van der Waals surface area contributed by atoms with Gasteiger partial charge in [0, 0.05) is 21.8 Å². The van der Waals surface area contributed by atoms with Crippen molar-refractivity contribution in [2.75, 3.05) is 12.4 Å². The normalized spacial score (nSPS) is 11.3. The fourth-order valence-electron chi connectivity index (χ4n) is 2.82. The number of carbonyl (C=O) groups excluding carboxylic acids is 3. The summed E-state index contributed by atoms with van der Waals surface area (Å²) < 4.78 is 10.4. The van der Waals surface area contributed by atoms with E-state index >= 15 is 0 Å². The van der Waals surface area contributed by atoms with Gasteiger partial charge < -0.3 is 14.8 Å². The molecule has 6 nitrogen and oxygen atoms in total. The lowest BCUT2D eigenvalue weighted by molar-refractivity contribution is 0.0319. The summed E-state index contributed by atoms with van der Waals surface area (Å²) in [7, 11) is 1.53. The molecule has 3 rings (SSSR count). The maximum Gasteiger partial charge on any atom is 0.338 e. The zero-order valence-electron chi connectivity index (χ0n) is 16.9. The topological polar surface area (TPSA) is 81.7 Å². The van der Waals surface area contributed by atoms with E-state index in [2.05, 4.69) is 5.32 Å². The lowest BCUT2D eigenvalue weighted by Gasteiger charge is -2.13. The molecule has 1 unspecified atom stereocenters. The minimum Gasteiger partial charge on any atom is -0.497 e. The predicted molar refractivity (Wildman–Crippen MR) is 118 cm³/mol. The summed E-state index contributed by atoms with van der Waals surface area (Å²) in [5, 5.41) is 3.18. The Balaban J connectivity index is 1.61.